The number of hydrogen-bond acceptors (Lipinski definition) is 5. The molecule has 0 radical (unpaired) electrons. The minimum absolute atomic E-state index is 0.261. The van der Waals surface area contributed by atoms with E-state index in [1.807, 2.05) is 6.21 Å². The van der Waals surface area contributed by atoms with Crippen molar-refractivity contribution < 1.29 is 5.11 Å². The first-order valence-electron chi connectivity index (χ1n) is 11.3. The number of aromatic nitrogens is 2. The summed E-state index contributed by atoms with van der Waals surface area (Å²) in [5.74, 6) is 0.835. The molecule has 1 aliphatic heterocycles. The number of fused-ring (bicyclic) bond motifs is 1. The molecule has 1 saturated heterocycles. The van der Waals surface area contributed by atoms with Gasteiger partial charge in [-0.15, -0.1) is 0 Å². The molecule has 2 aromatic carbocycles. The maximum Gasteiger partial charge on any atom is 0.0983 e. The molecule has 3 aromatic rings. The highest BCUT2D eigenvalue weighted by atomic mass is 16.3. The molecule has 0 saturated carbocycles. The zero-order chi connectivity index (χ0) is 22.0. The Hall–Kier alpha value is -2.86. The lowest BCUT2D eigenvalue weighted by Gasteiger charge is -2.34. The number of aliphatic hydroxyl groups excluding tert-OH is 1. The molecule has 1 fully saturated rings. The van der Waals surface area contributed by atoms with E-state index in [9.17, 15) is 5.11 Å². The van der Waals surface area contributed by atoms with Gasteiger partial charge in [-0.3, -0.25) is 4.99 Å². The van der Waals surface area contributed by atoms with E-state index in [1.165, 1.54) is 0 Å². The number of nitrogens with one attached hydrogen (secondary N) is 1. The molecule has 2 heterocycles. The molecule has 4 rings (SSSR count). The monoisotopic (exact) mass is 419 g/mol. The largest absolute Gasteiger partial charge is 0.396 e. The van der Waals surface area contributed by atoms with Crippen molar-refractivity contribution in [2.75, 3.05) is 30.3 Å². The van der Waals surface area contributed by atoms with Gasteiger partial charge >= 0.3 is 0 Å². The molecule has 1 aromatic heterocycles. The number of rotatable bonds is 6. The Kier molecular flexibility index (Phi) is 6.28. The standard InChI is InChI=1S/C25H33N5O/c1-4-16(2)13-27-21-11-19(6-5-17(21)3)20-12-22(23(26)25-24(20)28-15-29-25)30-9-7-18(14-31)8-10-30/h5-6,11-13,15-16,18,31H,4,7-10,14,26H2,1-3H3,(H,28,29). The van der Waals surface area contributed by atoms with Gasteiger partial charge in [0, 0.05) is 31.5 Å². The molecule has 6 heteroatoms. The molecule has 1 atom stereocenters. The topological polar surface area (TPSA) is 90.5 Å². The number of nitrogen functional groups attached to an aromatic ring is 1. The van der Waals surface area contributed by atoms with Gasteiger partial charge in [0.05, 0.1) is 34.4 Å². The average molecular weight is 420 g/mol. The van der Waals surface area contributed by atoms with Crippen molar-refractivity contribution in [3.63, 3.8) is 0 Å². The number of aliphatic imine (C=N–C) groups is 1. The van der Waals surface area contributed by atoms with Gasteiger partial charge < -0.3 is 20.7 Å². The molecule has 1 unspecified atom stereocenters. The van der Waals surface area contributed by atoms with Crippen LogP contribution in [0.3, 0.4) is 0 Å². The number of aliphatic hydroxyl groups is 1. The van der Waals surface area contributed by atoms with E-state index < -0.39 is 0 Å². The zero-order valence-corrected chi connectivity index (χ0v) is 18.7. The highest BCUT2D eigenvalue weighted by Gasteiger charge is 2.23. The van der Waals surface area contributed by atoms with Crippen LogP contribution in [0.4, 0.5) is 17.1 Å². The van der Waals surface area contributed by atoms with Crippen LogP contribution >= 0.6 is 0 Å². The molecule has 6 nitrogen and oxygen atoms in total. The van der Waals surface area contributed by atoms with E-state index in [0.717, 1.165) is 77.1 Å². The van der Waals surface area contributed by atoms with Crippen LogP contribution in [0.2, 0.25) is 0 Å². The summed E-state index contributed by atoms with van der Waals surface area (Å²) in [6.45, 7) is 8.50. The Balaban J connectivity index is 1.77. The maximum absolute atomic E-state index is 9.48. The number of aromatic amines is 1. The molecule has 4 N–H and O–H groups in total. The van der Waals surface area contributed by atoms with Gasteiger partial charge in [-0.1, -0.05) is 26.0 Å². The van der Waals surface area contributed by atoms with Crippen LogP contribution in [0.5, 0.6) is 0 Å². The number of anilines is 2. The molecule has 0 amide bonds. The Labute approximate surface area is 184 Å². The second kappa shape index (κ2) is 9.10. The number of H-pyrrole nitrogens is 1. The fraction of sp³-hybridized carbons (Fsp3) is 0.440. The number of aryl methyl sites for hydroxylation is 1. The third kappa shape index (κ3) is 4.30. The number of nitrogens with two attached hydrogens (primary N) is 1. The minimum Gasteiger partial charge on any atom is -0.396 e. The summed E-state index contributed by atoms with van der Waals surface area (Å²) < 4.78 is 0. The molecule has 164 valence electrons. The lowest BCUT2D eigenvalue weighted by Crippen LogP contribution is -2.35. The number of imidazole rings is 1. The molecule has 0 bridgehead atoms. The van der Waals surface area contributed by atoms with Crippen LogP contribution in [-0.2, 0) is 0 Å². The predicted molar refractivity (Wildman–Crippen MR) is 130 cm³/mol. The van der Waals surface area contributed by atoms with Gasteiger partial charge in [-0.05, 0) is 61.3 Å². The number of piperidine rings is 1. The highest BCUT2D eigenvalue weighted by molar-refractivity contribution is 6.04. The SMILES string of the molecule is CCC(C)C=Nc1cc(-c2cc(N3CCC(CO)CC3)c(N)c3[nH]cnc23)ccc1C. The smallest absolute Gasteiger partial charge is 0.0983 e. The van der Waals surface area contributed by atoms with E-state index in [-0.39, 0.29) is 6.61 Å². The van der Waals surface area contributed by atoms with Crippen molar-refractivity contribution in [3.05, 3.63) is 36.2 Å². The van der Waals surface area contributed by atoms with E-state index in [0.29, 0.717) is 11.8 Å². The summed E-state index contributed by atoms with van der Waals surface area (Å²) >= 11 is 0. The van der Waals surface area contributed by atoms with Crippen LogP contribution in [-0.4, -0.2) is 41.0 Å². The number of benzene rings is 2. The summed E-state index contributed by atoms with van der Waals surface area (Å²) in [7, 11) is 0. The van der Waals surface area contributed by atoms with Crippen LogP contribution in [0.1, 0.15) is 38.7 Å². The molecule has 0 aliphatic carbocycles. The summed E-state index contributed by atoms with van der Waals surface area (Å²) in [4.78, 5) is 14.9. The van der Waals surface area contributed by atoms with Crippen molar-refractivity contribution in [3.8, 4) is 11.1 Å². The van der Waals surface area contributed by atoms with Crippen molar-refractivity contribution in [2.45, 2.75) is 40.0 Å². The van der Waals surface area contributed by atoms with E-state index >= 15 is 0 Å². The van der Waals surface area contributed by atoms with Gasteiger partial charge in [0.25, 0.3) is 0 Å². The van der Waals surface area contributed by atoms with E-state index in [2.05, 4.69) is 59.9 Å². The highest BCUT2D eigenvalue weighted by Crippen LogP contribution is 2.40. The predicted octanol–water partition coefficient (Wildman–Crippen LogP) is 5.08. The zero-order valence-electron chi connectivity index (χ0n) is 18.7. The van der Waals surface area contributed by atoms with Gasteiger partial charge in [0.15, 0.2) is 0 Å². The van der Waals surface area contributed by atoms with Crippen LogP contribution in [0.25, 0.3) is 22.2 Å². The molecule has 31 heavy (non-hydrogen) atoms. The van der Waals surface area contributed by atoms with E-state index in [1.54, 1.807) is 6.33 Å². The summed E-state index contributed by atoms with van der Waals surface area (Å²) in [5.41, 5.74) is 14.4. The molecular weight excluding hydrogens is 386 g/mol. The lowest BCUT2D eigenvalue weighted by atomic mass is 9.95. The first-order chi connectivity index (χ1) is 15.0. The third-order valence-electron chi connectivity index (χ3n) is 6.57. The van der Waals surface area contributed by atoms with Gasteiger partial charge in [0.2, 0.25) is 0 Å². The maximum atomic E-state index is 9.48. The Morgan fingerprint density at radius 3 is 2.81 bits per heavy atom. The fourth-order valence-corrected chi connectivity index (χ4v) is 4.18. The summed E-state index contributed by atoms with van der Waals surface area (Å²) in [5, 5.41) is 9.48. The first-order valence-corrected chi connectivity index (χ1v) is 11.3. The van der Waals surface area contributed by atoms with E-state index in [4.69, 9.17) is 10.7 Å². The first kappa shape index (κ1) is 21.4. The summed E-state index contributed by atoms with van der Waals surface area (Å²) in [6.07, 6.45) is 6.78. The van der Waals surface area contributed by atoms with Crippen molar-refractivity contribution >= 4 is 34.3 Å². The van der Waals surface area contributed by atoms with Gasteiger partial charge in [0.1, 0.15) is 0 Å². The normalized spacial score (nSPS) is 16.5. The van der Waals surface area contributed by atoms with Crippen molar-refractivity contribution in [1.82, 2.24) is 9.97 Å². The van der Waals surface area contributed by atoms with Gasteiger partial charge in [-0.2, -0.15) is 0 Å². The Bertz CT molecular complexity index is 1080. The minimum atomic E-state index is 0.261. The van der Waals surface area contributed by atoms with Crippen LogP contribution in [0.15, 0.2) is 35.6 Å². The van der Waals surface area contributed by atoms with Crippen LogP contribution < -0.4 is 10.6 Å². The second-order valence-corrected chi connectivity index (χ2v) is 8.76. The second-order valence-electron chi connectivity index (χ2n) is 8.76. The average Bonchev–Trinajstić information content (AvgIpc) is 3.29. The van der Waals surface area contributed by atoms with Crippen molar-refractivity contribution in [2.24, 2.45) is 16.8 Å². The Morgan fingerprint density at radius 2 is 2.10 bits per heavy atom. The van der Waals surface area contributed by atoms with Crippen molar-refractivity contribution in [1.29, 1.82) is 0 Å². The number of nitrogens with zero attached hydrogens (tertiary/aromatic N) is 3. The molecular formula is C25H33N5O. The molecule has 0 spiro atoms. The lowest BCUT2D eigenvalue weighted by molar-refractivity contribution is 0.203. The van der Waals surface area contributed by atoms with Crippen LogP contribution in [0, 0.1) is 18.8 Å². The molecule has 1 aliphatic rings. The third-order valence-corrected chi connectivity index (χ3v) is 6.57. The number of hydrogen-bond donors (Lipinski definition) is 3. The summed E-state index contributed by atoms with van der Waals surface area (Å²) in [6, 6.07) is 8.58. The Morgan fingerprint density at radius 1 is 1.32 bits per heavy atom. The quantitative estimate of drug-likeness (QED) is 0.384. The fourth-order valence-electron chi connectivity index (χ4n) is 4.18. The van der Waals surface area contributed by atoms with Gasteiger partial charge in [-0.25, -0.2) is 4.98 Å².